The standard InChI is InChI=1S/C18H22FN5/c1-13-10-21-23(12-13)9-8-20-11-18-14(2)22-24(15(18)3)17-6-4-16(19)5-7-17/h4-7,10,12,20H,8-9,11H2,1-3H3. The van der Waals surface area contributed by atoms with Crippen LogP contribution < -0.4 is 5.32 Å². The summed E-state index contributed by atoms with van der Waals surface area (Å²) in [5, 5.41) is 12.3. The van der Waals surface area contributed by atoms with Gasteiger partial charge in [0.2, 0.25) is 0 Å². The molecule has 0 aliphatic carbocycles. The molecule has 6 heteroatoms. The van der Waals surface area contributed by atoms with Crippen molar-refractivity contribution in [2.75, 3.05) is 6.54 Å². The first-order valence-corrected chi connectivity index (χ1v) is 8.05. The fraction of sp³-hybridized carbons (Fsp3) is 0.333. The van der Waals surface area contributed by atoms with Crippen LogP contribution in [0, 0.1) is 26.6 Å². The predicted molar refractivity (Wildman–Crippen MR) is 91.7 cm³/mol. The van der Waals surface area contributed by atoms with E-state index in [4.69, 9.17) is 0 Å². The molecular weight excluding hydrogens is 305 g/mol. The molecule has 0 atom stereocenters. The van der Waals surface area contributed by atoms with Crippen LogP contribution in [0.2, 0.25) is 0 Å². The third-order valence-corrected chi connectivity index (χ3v) is 4.09. The Bertz CT molecular complexity index is 817. The van der Waals surface area contributed by atoms with E-state index in [0.29, 0.717) is 0 Å². The van der Waals surface area contributed by atoms with E-state index in [2.05, 4.69) is 15.5 Å². The molecule has 1 aromatic carbocycles. The molecule has 126 valence electrons. The first kappa shape index (κ1) is 16.4. The zero-order valence-corrected chi connectivity index (χ0v) is 14.3. The van der Waals surface area contributed by atoms with Gasteiger partial charge >= 0.3 is 0 Å². The molecule has 2 aromatic heterocycles. The predicted octanol–water partition coefficient (Wildman–Crippen LogP) is 2.92. The molecular formula is C18H22FN5. The summed E-state index contributed by atoms with van der Waals surface area (Å²) in [5.74, 6) is -0.240. The Morgan fingerprint density at radius 1 is 1.12 bits per heavy atom. The minimum atomic E-state index is -0.240. The molecule has 0 bridgehead atoms. The zero-order valence-electron chi connectivity index (χ0n) is 14.3. The normalized spacial score (nSPS) is 11.2. The van der Waals surface area contributed by atoms with Gasteiger partial charge in [0, 0.05) is 30.5 Å². The molecule has 0 aliphatic heterocycles. The van der Waals surface area contributed by atoms with Crippen molar-refractivity contribution in [2.45, 2.75) is 33.9 Å². The van der Waals surface area contributed by atoms with Gasteiger partial charge in [-0.25, -0.2) is 9.07 Å². The highest BCUT2D eigenvalue weighted by Gasteiger charge is 2.12. The second kappa shape index (κ2) is 6.97. The molecule has 0 spiro atoms. The van der Waals surface area contributed by atoms with Crippen molar-refractivity contribution in [1.82, 2.24) is 24.9 Å². The maximum atomic E-state index is 13.1. The molecule has 0 amide bonds. The number of rotatable bonds is 6. The zero-order chi connectivity index (χ0) is 17.1. The van der Waals surface area contributed by atoms with Crippen LogP contribution in [-0.2, 0) is 13.1 Å². The van der Waals surface area contributed by atoms with Crippen molar-refractivity contribution in [3.05, 3.63) is 65.0 Å². The molecule has 0 saturated heterocycles. The highest BCUT2D eigenvalue weighted by Crippen LogP contribution is 2.18. The topological polar surface area (TPSA) is 47.7 Å². The number of nitrogens with zero attached hydrogens (tertiary/aromatic N) is 4. The van der Waals surface area contributed by atoms with Crippen LogP contribution in [0.5, 0.6) is 0 Å². The largest absolute Gasteiger partial charge is 0.311 e. The molecule has 2 heterocycles. The van der Waals surface area contributed by atoms with Gasteiger partial charge < -0.3 is 5.32 Å². The molecule has 3 rings (SSSR count). The van der Waals surface area contributed by atoms with Crippen LogP contribution in [0.4, 0.5) is 4.39 Å². The number of nitrogens with one attached hydrogen (secondary N) is 1. The van der Waals surface area contributed by atoms with Gasteiger partial charge in [-0.15, -0.1) is 0 Å². The van der Waals surface area contributed by atoms with Gasteiger partial charge in [-0.1, -0.05) is 0 Å². The molecule has 0 unspecified atom stereocenters. The van der Waals surface area contributed by atoms with Gasteiger partial charge in [-0.2, -0.15) is 10.2 Å². The Kier molecular flexibility index (Phi) is 4.76. The van der Waals surface area contributed by atoms with Crippen LogP contribution in [-0.4, -0.2) is 26.1 Å². The van der Waals surface area contributed by atoms with Crippen molar-refractivity contribution in [2.24, 2.45) is 0 Å². The van der Waals surface area contributed by atoms with Gasteiger partial charge in [-0.05, 0) is 50.6 Å². The molecule has 1 N–H and O–H groups in total. The molecule has 24 heavy (non-hydrogen) atoms. The van der Waals surface area contributed by atoms with Crippen LogP contribution in [0.3, 0.4) is 0 Å². The van der Waals surface area contributed by atoms with Gasteiger partial charge in [0.05, 0.1) is 24.1 Å². The number of hydrogen-bond acceptors (Lipinski definition) is 3. The minimum Gasteiger partial charge on any atom is -0.311 e. The van der Waals surface area contributed by atoms with Gasteiger partial charge in [0.25, 0.3) is 0 Å². The van der Waals surface area contributed by atoms with Gasteiger partial charge in [0.15, 0.2) is 0 Å². The molecule has 5 nitrogen and oxygen atoms in total. The van der Waals surface area contributed by atoms with E-state index in [0.717, 1.165) is 36.7 Å². The fourth-order valence-electron chi connectivity index (χ4n) is 2.76. The molecule has 0 fully saturated rings. The van der Waals surface area contributed by atoms with E-state index in [1.165, 1.54) is 23.3 Å². The van der Waals surface area contributed by atoms with Crippen molar-refractivity contribution in [3.8, 4) is 5.69 Å². The first-order valence-electron chi connectivity index (χ1n) is 8.05. The van der Waals surface area contributed by atoms with Crippen LogP contribution >= 0.6 is 0 Å². The molecule has 0 radical (unpaired) electrons. The van der Waals surface area contributed by atoms with Crippen molar-refractivity contribution < 1.29 is 4.39 Å². The van der Waals surface area contributed by atoms with E-state index in [1.54, 1.807) is 12.1 Å². The average molecular weight is 327 g/mol. The lowest BCUT2D eigenvalue weighted by atomic mass is 10.2. The third kappa shape index (κ3) is 3.54. The molecule has 0 saturated carbocycles. The highest BCUT2D eigenvalue weighted by molar-refractivity contribution is 5.37. The Morgan fingerprint density at radius 3 is 2.54 bits per heavy atom. The Balaban J connectivity index is 1.64. The van der Waals surface area contributed by atoms with Crippen molar-refractivity contribution in [3.63, 3.8) is 0 Å². The second-order valence-corrected chi connectivity index (χ2v) is 6.00. The molecule has 0 aliphatic rings. The van der Waals surface area contributed by atoms with Crippen LogP contribution in [0.15, 0.2) is 36.7 Å². The van der Waals surface area contributed by atoms with Gasteiger partial charge in [0.1, 0.15) is 5.82 Å². The Morgan fingerprint density at radius 2 is 1.88 bits per heavy atom. The van der Waals surface area contributed by atoms with Gasteiger partial charge in [-0.3, -0.25) is 4.68 Å². The average Bonchev–Trinajstić information content (AvgIpc) is 3.09. The quantitative estimate of drug-likeness (QED) is 0.708. The fourth-order valence-corrected chi connectivity index (χ4v) is 2.76. The number of halogens is 1. The lowest BCUT2D eigenvalue weighted by molar-refractivity contribution is 0.553. The summed E-state index contributed by atoms with van der Waals surface area (Å²) in [6.07, 6.45) is 3.89. The Labute approximate surface area is 141 Å². The summed E-state index contributed by atoms with van der Waals surface area (Å²) in [4.78, 5) is 0. The minimum absolute atomic E-state index is 0.240. The maximum Gasteiger partial charge on any atom is 0.123 e. The lowest BCUT2D eigenvalue weighted by Gasteiger charge is -2.07. The van der Waals surface area contributed by atoms with Crippen LogP contribution in [0.25, 0.3) is 5.69 Å². The van der Waals surface area contributed by atoms with E-state index in [-0.39, 0.29) is 5.82 Å². The highest BCUT2D eigenvalue weighted by atomic mass is 19.1. The summed E-state index contributed by atoms with van der Waals surface area (Å²) in [6.45, 7) is 8.49. The van der Waals surface area contributed by atoms with Crippen molar-refractivity contribution >= 4 is 0 Å². The summed E-state index contributed by atoms with van der Waals surface area (Å²) in [5.41, 5.74) is 5.27. The smallest absolute Gasteiger partial charge is 0.123 e. The summed E-state index contributed by atoms with van der Waals surface area (Å²) in [7, 11) is 0. The summed E-state index contributed by atoms with van der Waals surface area (Å²) < 4.78 is 16.9. The third-order valence-electron chi connectivity index (χ3n) is 4.09. The summed E-state index contributed by atoms with van der Waals surface area (Å²) >= 11 is 0. The van der Waals surface area contributed by atoms with Crippen LogP contribution in [0.1, 0.15) is 22.5 Å². The summed E-state index contributed by atoms with van der Waals surface area (Å²) in [6, 6.07) is 6.39. The number of aromatic nitrogens is 4. The number of aryl methyl sites for hydroxylation is 2. The monoisotopic (exact) mass is 327 g/mol. The Hall–Kier alpha value is -2.47. The second-order valence-electron chi connectivity index (χ2n) is 6.00. The lowest BCUT2D eigenvalue weighted by Crippen LogP contribution is -2.20. The van der Waals surface area contributed by atoms with E-state index in [1.807, 2.05) is 42.5 Å². The number of hydrogen-bond donors (Lipinski definition) is 1. The van der Waals surface area contributed by atoms with E-state index in [9.17, 15) is 4.39 Å². The first-order chi connectivity index (χ1) is 11.5. The molecule has 3 aromatic rings. The number of benzene rings is 1. The SMILES string of the molecule is Cc1cnn(CCNCc2c(C)nn(-c3ccc(F)cc3)c2C)c1. The van der Waals surface area contributed by atoms with E-state index >= 15 is 0 Å². The van der Waals surface area contributed by atoms with E-state index < -0.39 is 0 Å². The van der Waals surface area contributed by atoms with Crippen molar-refractivity contribution in [1.29, 1.82) is 0 Å². The maximum absolute atomic E-state index is 13.1.